The zero-order valence-corrected chi connectivity index (χ0v) is 21.3. The highest BCUT2D eigenvalue weighted by atomic mass is 19.4. The number of aliphatic imine (C=N–C) groups is 1. The number of nitrogens with zero attached hydrogens (tertiary/aromatic N) is 7. The lowest BCUT2D eigenvalue weighted by molar-refractivity contribution is -0.143. The summed E-state index contributed by atoms with van der Waals surface area (Å²) in [6, 6.07) is 8.44. The number of fused-ring (bicyclic) bond motifs is 1. The van der Waals surface area contributed by atoms with E-state index in [1.54, 1.807) is 29.2 Å². The molecule has 0 saturated heterocycles. The number of anilines is 1. The number of amides is 1. The predicted octanol–water partition coefficient (Wildman–Crippen LogP) is 4.99. The summed E-state index contributed by atoms with van der Waals surface area (Å²) in [5.41, 5.74) is -1.64. The SMILES string of the molecule is CCN(CC)C(=O)C1=Nc2ccccc2C1CN(Cc1cc(C(F)(F)F)cc(C(F)(F)F)c1)c1nnn(C)n1. The second-order valence-electron chi connectivity index (χ2n) is 8.96. The Bertz CT molecular complexity index is 1350. The van der Waals surface area contributed by atoms with E-state index in [0.717, 1.165) is 4.80 Å². The largest absolute Gasteiger partial charge is 0.416 e. The van der Waals surface area contributed by atoms with Crippen molar-refractivity contribution in [1.82, 2.24) is 25.1 Å². The van der Waals surface area contributed by atoms with E-state index in [9.17, 15) is 31.1 Å². The molecule has 1 aromatic heterocycles. The molecule has 14 heteroatoms. The molecule has 2 heterocycles. The molecule has 0 bridgehead atoms. The summed E-state index contributed by atoms with van der Waals surface area (Å²) in [6.45, 7) is 4.03. The molecule has 1 aliphatic rings. The van der Waals surface area contributed by atoms with Gasteiger partial charge in [-0.2, -0.15) is 31.1 Å². The van der Waals surface area contributed by atoms with E-state index >= 15 is 0 Å². The molecule has 3 aromatic rings. The van der Waals surface area contributed by atoms with Gasteiger partial charge < -0.3 is 9.80 Å². The minimum absolute atomic E-state index is 0.0255. The van der Waals surface area contributed by atoms with Crippen molar-refractivity contribution >= 4 is 23.3 Å². The van der Waals surface area contributed by atoms with E-state index in [1.165, 1.54) is 11.9 Å². The Kier molecular flexibility index (Phi) is 7.66. The molecule has 0 aliphatic carbocycles. The van der Waals surface area contributed by atoms with Crippen LogP contribution in [0.5, 0.6) is 0 Å². The van der Waals surface area contributed by atoms with Crippen molar-refractivity contribution in [3.05, 3.63) is 64.7 Å². The van der Waals surface area contributed by atoms with Gasteiger partial charge in [0.2, 0.25) is 0 Å². The normalized spacial score (nSPS) is 15.2. The third-order valence-corrected chi connectivity index (χ3v) is 6.36. The Morgan fingerprint density at radius 3 is 2.13 bits per heavy atom. The quantitative estimate of drug-likeness (QED) is 0.367. The van der Waals surface area contributed by atoms with Crippen LogP contribution in [0.4, 0.5) is 38.0 Å². The van der Waals surface area contributed by atoms with E-state index in [2.05, 4.69) is 20.4 Å². The van der Waals surface area contributed by atoms with Crippen LogP contribution in [-0.2, 0) is 30.7 Å². The maximum absolute atomic E-state index is 13.5. The molecule has 2 aromatic carbocycles. The van der Waals surface area contributed by atoms with E-state index in [1.807, 2.05) is 13.8 Å². The first-order chi connectivity index (χ1) is 18.3. The fourth-order valence-corrected chi connectivity index (χ4v) is 4.46. The first-order valence-electron chi connectivity index (χ1n) is 12.1. The van der Waals surface area contributed by atoms with Gasteiger partial charge in [-0.25, -0.2) is 4.99 Å². The smallest absolute Gasteiger partial charge is 0.338 e. The minimum Gasteiger partial charge on any atom is -0.338 e. The zero-order valence-electron chi connectivity index (χ0n) is 21.3. The van der Waals surface area contributed by atoms with Crippen molar-refractivity contribution in [3.63, 3.8) is 0 Å². The molecular formula is C25H25F6N7O. The van der Waals surface area contributed by atoms with Crippen molar-refractivity contribution in [2.75, 3.05) is 24.5 Å². The van der Waals surface area contributed by atoms with E-state index in [0.29, 0.717) is 36.5 Å². The van der Waals surface area contributed by atoms with Gasteiger partial charge in [-0.15, -0.1) is 5.10 Å². The van der Waals surface area contributed by atoms with Crippen LogP contribution >= 0.6 is 0 Å². The number of rotatable bonds is 8. The molecule has 1 unspecified atom stereocenters. The van der Waals surface area contributed by atoms with Crippen LogP contribution in [0.15, 0.2) is 47.5 Å². The molecule has 0 N–H and O–H groups in total. The van der Waals surface area contributed by atoms with Crippen LogP contribution < -0.4 is 4.90 Å². The van der Waals surface area contributed by atoms with Gasteiger partial charge in [-0.1, -0.05) is 23.3 Å². The van der Waals surface area contributed by atoms with Crippen molar-refractivity contribution in [2.45, 2.75) is 38.7 Å². The van der Waals surface area contributed by atoms with Gasteiger partial charge in [0.1, 0.15) is 5.71 Å². The van der Waals surface area contributed by atoms with Gasteiger partial charge in [0, 0.05) is 26.2 Å². The molecule has 208 valence electrons. The predicted molar refractivity (Wildman–Crippen MR) is 131 cm³/mol. The first-order valence-corrected chi connectivity index (χ1v) is 12.1. The van der Waals surface area contributed by atoms with E-state index < -0.39 is 35.9 Å². The number of aryl methyl sites for hydroxylation is 1. The van der Waals surface area contributed by atoms with Crippen LogP contribution in [-0.4, -0.2) is 56.4 Å². The van der Waals surface area contributed by atoms with Crippen LogP contribution in [0, 0.1) is 0 Å². The Labute approximate surface area is 219 Å². The lowest BCUT2D eigenvalue weighted by atomic mass is 9.94. The zero-order chi connectivity index (χ0) is 28.5. The maximum atomic E-state index is 13.5. The molecule has 0 saturated carbocycles. The molecule has 1 amide bonds. The van der Waals surface area contributed by atoms with Crippen LogP contribution in [0.3, 0.4) is 0 Å². The summed E-state index contributed by atoms with van der Waals surface area (Å²) in [5, 5.41) is 11.8. The topological polar surface area (TPSA) is 79.5 Å². The molecule has 1 aliphatic heterocycles. The number of tetrazole rings is 1. The standard InChI is InChI=1S/C25H25F6N7O/c1-4-37(5-2)22(39)21-19(18-8-6-7-9-20(18)32-21)14-38(23-33-35-36(3)34-23)13-15-10-16(24(26,27)28)12-17(11-15)25(29,30)31/h6-12,19H,4-5,13-14H2,1-3H3. The number of carbonyl (C=O) groups excluding carboxylic acids is 1. The van der Waals surface area contributed by atoms with Gasteiger partial charge in [-0.3, -0.25) is 4.79 Å². The number of aromatic nitrogens is 4. The molecular weight excluding hydrogens is 528 g/mol. The highest BCUT2D eigenvalue weighted by molar-refractivity contribution is 6.42. The number of para-hydroxylation sites is 1. The lowest BCUT2D eigenvalue weighted by Gasteiger charge is -2.27. The Morgan fingerprint density at radius 1 is 0.974 bits per heavy atom. The first kappa shape index (κ1) is 28.0. The maximum Gasteiger partial charge on any atom is 0.416 e. The molecule has 0 fully saturated rings. The fraction of sp³-hybridized carbons (Fsp3) is 0.400. The van der Waals surface area contributed by atoms with Crippen molar-refractivity contribution in [1.29, 1.82) is 0 Å². The Balaban J connectivity index is 1.77. The van der Waals surface area contributed by atoms with Crippen molar-refractivity contribution in [2.24, 2.45) is 12.0 Å². The molecule has 39 heavy (non-hydrogen) atoms. The molecule has 8 nitrogen and oxygen atoms in total. The van der Waals surface area contributed by atoms with Gasteiger partial charge in [-0.05, 0) is 54.5 Å². The Hall–Kier alpha value is -3.97. The van der Waals surface area contributed by atoms with E-state index in [4.69, 9.17) is 0 Å². The monoisotopic (exact) mass is 553 g/mol. The van der Waals surface area contributed by atoms with Gasteiger partial charge in [0.15, 0.2) is 0 Å². The molecule has 1 atom stereocenters. The van der Waals surface area contributed by atoms with Gasteiger partial charge >= 0.3 is 12.4 Å². The van der Waals surface area contributed by atoms with Gasteiger partial charge in [0.25, 0.3) is 11.9 Å². The van der Waals surface area contributed by atoms with Crippen LogP contribution in [0.2, 0.25) is 0 Å². The molecule has 0 radical (unpaired) electrons. The summed E-state index contributed by atoms with van der Waals surface area (Å²) in [7, 11) is 1.47. The average Bonchev–Trinajstić information content (AvgIpc) is 3.47. The summed E-state index contributed by atoms with van der Waals surface area (Å²) >= 11 is 0. The van der Waals surface area contributed by atoms with E-state index in [-0.39, 0.29) is 35.7 Å². The van der Waals surface area contributed by atoms with Crippen molar-refractivity contribution < 1.29 is 31.1 Å². The highest BCUT2D eigenvalue weighted by Gasteiger charge is 2.38. The Morgan fingerprint density at radius 2 is 1.59 bits per heavy atom. The number of carbonyl (C=O) groups is 1. The summed E-state index contributed by atoms with van der Waals surface area (Å²) in [6.07, 6.45) is -9.99. The van der Waals surface area contributed by atoms with Crippen molar-refractivity contribution in [3.8, 4) is 0 Å². The summed E-state index contributed by atoms with van der Waals surface area (Å²) in [4.78, 5) is 22.0. The summed E-state index contributed by atoms with van der Waals surface area (Å²) in [5.74, 6) is -0.986. The lowest BCUT2D eigenvalue weighted by Crippen LogP contribution is -2.41. The second kappa shape index (κ2) is 10.7. The number of halogens is 6. The number of hydrogen-bond donors (Lipinski definition) is 0. The second-order valence-corrected chi connectivity index (χ2v) is 8.96. The fourth-order valence-electron chi connectivity index (χ4n) is 4.46. The minimum atomic E-state index is -4.99. The van der Waals surface area contributed by atoms with Crippen LogP contribution in [0.1, 0.15) is 42.0 Å². The number of hydrogen-bond acceptors (Lipinski definition) is 6. The van der Waals surface area contributed by atoms with Crippen LogP contribution in [0.25, 0.3) is 0 Å². The molecule has 4 rings (SSSR count). The molecule has 0 spiro atoms. The number of benzene rings is 2. The average molecular weight is 554 g/mol. The van der Waals surface area contributed by atoms with Gasteiger partial charge in [0.05, 0.1) is 29.8 Å². The number of alkyl halides is 6. The third kappa shape index (κ3) is 6.04. The highest BCUT2D eigenvalue weighted by Crippen LogP contribution is 2.39. The summed E-state index contributed by atoms with van der Waals surface area (Å²) < 4.78 is 81.0. The third-order valence-electron chi connectivity index (χ3n) is 6.36.